The summed E-state index contributed by atoms with van der Waals surface area (Å²) in [6.07, 6.45) is 3.51. The average Bonchev–Trinajstić information content (AvgIpc) is 2.41. The van der Waals surface area contributed by atoms with Crippen molar-refractivity contribution in [2.45, 2.75) is 59.1 Å². The summed E-state index contributed by atoms with van der Waals surface area (Å²) in [4.78, 5) is 14.4. The first-order valence-electron chi connectivity index (χ1n) is 8.15. The lowest BCUT2D eigenvalue weighted by Gasteiger charge is -2.27. The number of hydrogen-bond acceptors (Lipinski definition) is 3. The third kappa shape index (κ3) is 5.34. The fourth-order valence-electron chi connectivity index (χ4n) is 2.70. The molecule has 0 bridgehead atoms. The van der Waals surface area contributed by atoms with Gasteiger partial charge in [-0.1, -0.05) is 12.5 Å². The molecule has 1 heterocycles. The lowest BCUT2D eigenvalue weighted by molar-refractivity contribution is 0.0636. The minimum Gasteiger partial charge on any atom is -0.444 e. The molecule has 0 aromatic heterocycles. The van der Waals surface area contributed by atoms with Gasteiger partial charge in [-0.3, -0.25) is 10.2 Å². The minimum atomic E-state index is -0.481. The maximum absolute atomic E-state index is 11.9. The van der Waals surface area contributed by atoms with Gasteiger partial charge in [0.25, 0.3) is 0 Å². The number of benzene rings is 1. The first-order chi connectivity index (χ1) is 10.3. The average molecular weight is 304 g/mol. The zero-order valence-electron chi connectivity index (χ0n) is 14.2. The highest BCUT2D eigenvalue weighted by Gasteiger charge is 2.17. The first-order valence-corrected chi connectivity index (χ1v) is 8.15. The molecule has 1 saturated heterocycles. The second-order valence-electron chi connectivity index (χ2n) is 7.10. The first kappa shape index (κ1) is 16.8. The second kappa shape index (κ2) is 7.14. The van der Waals surface area contributed by atoms with E-state index in [9.17, 15) is 4.79 Å². The Bertz CT molecular complexity index is 514. The summed E-state index contributed by atoms with van der Waals surface area (Å²) in [5.41, 5.74) is 2.86. The zero-order chi connectivity index (χ0) is 16.2. The molecule has 4 nitrogen and oxygen atoms in total. The van der Waals surface area contributed by atoms with E-state index in [0.29, 0.717) is 0 Å². The number of aryl methyl sites for hydroxylation is 1. The van der Waals surface area contributed by atoms with E-state index in [4.69, 9.17) is 4.74 Å². The standard InChI is InChI=1S/C18H28N2O2/c1-14-8-9-16(19-17(21)22-18(2,3)4)12-15(14)13-20-10-6-5-7-11-20/h8-9,12H,5-7,10-11,13H2,1-4H3,(H,19,21). The van der Waals surface area contributed by atoms with Crippen LogP contribution >= 0.6 is 0 Å². The monoisotopic (exact) mass is 304 g/mol. The van der Waals surface area contributed by atoms with Gasteiger partial charge in [0.05, 0.1) is 0 Å². The maximum atomic E-state index is 11.9. The predicted octanol–water partition coefficient (Wildman–Crippen LogP) is 4.33. The summed E-state index contributed by atoms with van der Waals surface area (Å²) < 4.78 is 5.30. The van der Waals surface area contributed by atoms with E-state index in [2.05, 4.69) is 29.3 Å². The molecule has 4 heteroatoms. The van der Waals surface area contributed by atoms with E-state index in [0.717, 1.165) is 12.2 Å². The van der Waals surface area contributed by atoms with Crippen molar-refractivity contribution < 1.29 is 9.53 Å². The van der Waals surface area contributed by atoms with Gasteiger partial charge in [-0.2, -0.15) is 0 Å². The third-order valence-electron chi connectivity index (χ3n) is 3.84. The summed E-state index contributed by atoms with van der Waals surface area (Å²) in [5.74, 6) is 0. The number of ether oxygens (including phenoxy) is 1. The molecule has 122 valence electrons. The fourth-order valence-corrected chi connectivity index (χ4v) is 2.70. The summed E-state index contributed by atoms with van der Waals surface area (Å²) in [6, 6.07) is 6.05. The molecule has 0 spiro atoms. The van der Waals surface area contributed by atoms with Gasteiger partial charge in [0.15, 0.2) is 0 Å². The normalized spacial score (nSPS) is 16.4. The highest BCUT2D eigenvalue weighted by Crippen LogP contribution is 2.20. The van der Waals surface area contributed by atoms with Crippen LogP contribution in [0.25, 0.3) is 0 Å². The molecule has 2 rings (SSSR count). The molecule has 0 aliphatic carbocycles. The number of piperidine rings is 1. The lowest BCUT2D eigenvalue weighted by atomic mass is 10.1. The molecule has 1 aliphatic rings. The van der Waals surface area contributed by atoms with Gasteiger partial charge in [-0.15, -0.1) is 0 Å². The Kier molecular flexibility index (Phi) is 5.46. The van der Waals surface area contributed by atoms with Crippen molar-refractivity contribution >= 4 is 11.8 Å². The van der Waals surface area contributed by atoms with Crippen LogP contribution in [0.4, 0.5) is 10.5 Å². The number of amides is 1. The van der Waals surface area contributed by atoms with Crippen LogP contribution in [-0.2, 0) is 11.3 Å². The summed E-state index contributed by atoms with van der Waals surface area (Å²) in [7, 11) is 0. The molecule has 0 atom stereocenters. The smallest absolute Gasteiger partial charge is 0.412 e. The molecular formula is C18H28N2O2. The van der Waals surface area contributed by atoms with E-state index in [-0.39, 0.29) is 0 Å². The van der Waals surface area contributed by atoms with E-state index < -0.39 is 11.7 Å². The van der Waals surface area contributed by atoms with Crippen LogP contribution in [0.5, 0.6) is 0 Å². The number of rotatable bonds is 3. The van der Waals surface area contributed by atoms with E-state index >= 15 is 0 Å². The quantitative estimate of drug-likeness (QED) is 0.903. The number of nitrogens with one attached hydrogen (secondary N) is 1. The van der Waals surface area contributed by atoms with Crippen molar-refractivity contribution in [1.29, 1.82) is 0 Å². The molecule has 22 heavy (non-hydrogen) atoms. The topological polar surface area (TPSA) is 41.6 Å². The van der Waals surface area contributed by atoms with Gasteiger partial charge < -0.3 is 4.74 Å². The highest BCUT2D eigenvalue weighted by molar-refractivity contribution is 5.85. The summed E-state index contributed by atoms with van der Waals surface area (Å²) in [5, 5.41) is 2.82. The van der Waals surface area contributed by atoms with Crippen LogP contribution in [0.3, 0.4) is 0 Å². The number of anilines is 1. The SMILES string of the molecule is Cc1ccc(NC(=O)OC(C)(C)C)cc1CN1CCCCC1. The number of hydrogen-bond donors (Lipinski definition) is 1. The Balaban J connectivity index is 2.01. The number of carbonyl (C=O) groups excluding carboxylic acids is 1. The maximum Gasteiger partial charge on any atom is 0.412 e. The van der Waals surface area contributed by atoms with Crippen molar-refractivity contribution in [3.63, 3.8) is 0 Å². The van der Waals surface area contributed by atoms with Crippen molar-refractivity contribution in [3.8, 4) is 0 Å². The largest absolute Gasteiger partial charge is 0.444 e. The van der Waals surface area contributed by atoms with Gasteiger partial charge in [0, 0.05) is 12.2 Å². The van der Waals surface area contributed by atoms with Crippen molar-refractivity contribution in [2.75, 3.05) is 18.4 Å². The fraction of sp³-hybridized carbons (Fsp3) is 0.611. The molecular weight excluding hydrogens is 276 g/mol. The Morgan fingerprint density at radius 3 is 2.55 bits per heavy atom. The van der Waals surface area contributed by atoms with Crippen molar-refractivity contribution in [1.82, 2.24) is 4.90 Å². The lowest BCUT2D eigenvalue weighted by Crippen LogP contribution is -2.29. The molecule has 1 fully saturated rings. The van der Waals surface area contributed by atoms with Gasteiger partial charge in [0.2, 0.25) is 0 Å². The summed E-state index contributed by atoms with van der Waals surface area (Å²) in [6.45, 7) is 11.0. The van der Waals surface area contributed by atoms with Crippen LogP contribution in [0, 0.1) is 6.92 Å². The predicted molar refractivity (Wildman–Crippen MR) is 90.2 cm³/mol. The second-order valence-corrected chi connectivity index (χ2v) is 7.10. The number of likely N-dealkylation sites (tertiary alicyclic amines) is 1. The Morgan fingerprint density at radius 1 is 1.23 bits per heavy atom. The molecule has 0 radical (unpaired) electrons. The molecule has 0 saturated carbocycles. The van der Waals surface area contributed by atoms with Crippen LogP contribution < -0.4 is 5.32 Å². The van der Waals surface area contributed by atoms with Gasteiger partial charge in [-0.05, 0) is 76.9 Å². The number of carbonyl (C=O) groups is 1. The van der Waals surface area contributed by atoms with Crippen molar-refractivity contribution in [2.24, 2.45) is 0 Å². The van der Waals surface area contributed by atoms with Gasteiger partial charge in [0.1, 0.15) is 5.60 Å². The van der Waals surface area contributed by atoms with Gasteiger partial charge >= 0.3 is 6.09 Å². The van der Waals surface area contributed by atoms with Gasteiger partial charge in [-0.25, -0.2) is 4.79 Å². The van der Waals surface area contributed by atoms with E-state index in [1.54, 1.807) is 0 Å². The minimum absolute atomic E-state index is 0.403. The van der Waals surface area contributed by atoms with E-state index in [1.807, 2.05) is 26.8 Å². The van der Waals surface area contributed by atoms with E-state index in [1.165, 1.54) is 43.5 Å². The van der Waals surface area contributed by atoms with Crippen LogP contribution in [0.2, 0.25) is 0 Å². The Labute approximate surface area is 133 Å². The Morgan fingerprint density at radius 2 is 1.91 bits per heavy atom. The Hall–Kier alpha value is -1.55. The van der Waals surface area contributed by atoms with Crippen LogP contribution in [0.15, 0.2) is 18.2 Å². The molecule has 1 N–H and O–H groups in total. The molecule has 1 aliphatic heterocycles. The van der Waals surface area contributed by atoms with Crippen LogP contribution in [-0.4, -0.2) is 29.7 Å². The third-order valence-corrected chi connectivity index (χ3v) is 3.84. The van der Waals surface area contributed by atoms with Crippen LogP contribution in [0.1, 0.15) is 51.2 Å². The molecule has 1 aromatic carbocycles. The molecule has 0 unspecified atom stereocenters. The number of nitrogens with zero attached hydrogens (tertiary/aromatic N) is 1. The molecule has 1 aromatic rings. The highest BCUT2D eigenvalue weighted by atomic mass is 16.6. The molecule has 1 amide bonds. The summed E-state index contributed by atoms with van der Waals surface area (Å²) >= 11 is 0. The zero-order valence-corrected chi connectivity index (χ0v) is 14.2. The van der Waals surface area contributed by atoms with Crippen molar-refractivity contribution in [3.05, 3.63) is 29.3 Å².